The number of hydrogen-bond acceptors (Lipinski definition) is 5. The summed E-state index contributed by atoms with van der Waals surface area (Å²) >= 11 is 0. The van der Waals surface area contributed by atoms with E-state index in [-0.39, 0.29) is 5.91 Å². The number of ether oxygens (including phenoxy) is 2. The quantitative estimate of drug-likeness (QED) is 0.327. The van der Waals surface area contributed by atoms with Crippen LogP contribution in [0.5, 0.6) is 11.5 Å². The zero-order valence-electron chi connectivity index (χ0n) is 22.5. The Kier molecular flexibility index (Phi) is 7.36. The third kappa shape index (κ3) is 5.09. The van der Waals surface area contributed by atoms with Crippen LogP contribution in [-0.4, -0.2) is 60.5 Å². The van der Waals surface area contributed by atoms with Crippen LogP contribution >= 0.6 is 0 Å². The second-order valence-electron chi connectivity index (χ2n) is 9.50. The number of rotatable bonds is 7. The number of methoxy groups -OCH3 is 1. The fraction of sp³-hybridized carbons (Fsp3) is 0.290. The Balaban J connectivity index is 1.43. The molecule has 5 rings (SSSR count). The van der Waals surface area contributed by atoms with Gasteiger partial charge in [0, 0.05) is 31.7 Å². The second-order valence-corrected chi connectivity index (χ2v) is 9.50. The van der Waals surface area contributed by atoms with Gasteiger partial charge in [0.2, 0.25) is 0 Å². The van der Waals surface area contributed by atoms with Crippen LogP contribution in [0.1, 0.15) is 28.5 Å². The van der Waals surface area contributed by atoms with E-state index >= 15 is 0 Å². The molecule has 1 fully saturated rings. The molecule has 1 saturated heterocycles. The zero-order valence-corrected chi connectivity index (χ0v) is 22.5. The van der Waals surface area contributed by atoms with Crippen LogP contribution in [-0.2, 0) is 0 Å². The van der Waals surface area contributed by atoms with Crippen molar-refractivity contribution in [2.75, 3.05) is 44.8 Å². The minimum Gasteiger partial charge on any atom is -0.497 e. The number of piperazine rings is 1. The van der Waals surface area contributed by atoms with Crippen LogP contribution in [0.4, 0.5) is 5.69 Å². The molecule has 0 spiro atoms. The van der Waals surface area contributed by atoms with Crippen molar-refractivity contribution in [1.82, 2.24) is 14.7 Å². The molecule has 3 aromatic carbocycles. The average Bonchev–Trinajstić information content (AvgIpc) is 3.40. The maximum Gasteiger partial charge on any atom is 0.272 e. The lowest BCUT2D eigenvalue weighted by Crippen LogP contribution is -2.49. The number of amides is 1. The first kappa shape index (κ1) is 25.4. The second kappa shape index (κ2) is 11.0. The summed E-state index contributed by atoms with van der Waals surface area (Å²) in [5.41, 5.74) is 6.62. The van der Waals surface area contributed by atoms with Crippen molar-refractivity contribution in [2.24, 2.45) is 0 Å². The first-order valence-electron chi connectivity index (χ1n) is 13.1. The third-order valence-electron chi connectivity index (χ3n) is 7.12. The van der Waals surface area contributed by atoms with Gasteiger partial charge in [-0.3, -0.25) is 4.79 Å². The molecule has 4 aromatic rings. The van der Waals surface area contributed by atoms with E-state index in [4.69, 9.17) is 14.6 Å². The maximum atomic E-state index is 13.9. The van der Waals surface area contributed by atoms with E-state index in [2.05, 4.69) is 43.0 Å². The number of nitrogens with zero attached hydrogens (tertiary/aromatic N) is 4. The largest absolute Gasteiger partial charge is 0.497 e. The molecule has 0 unspecified atom stereocenters. The Morgan fingerprint density at radius 2 is 1.63 bits per heavy atom. The van der Waals surface area contributed by atoms with Gasteiger partial charge in [-0.2, -0.15) is 5.10 Å². The number of anilines is 1. The highest BCUT2D eigenvalue weighted by atomic mass is 16.5. The minimum atomic E-state index is -0.0267. The Bertz CT molecular complexity index is 1420. The van der Waals surface area contributed by atoms with Crippen LogP contribution in [0.15, 0.2) is 72.8 Å². The van der Waals surface area contributed by atoms with Gasteiger partial charge in [0.05, 0.1) is 30.8 Å². The Morgan fingerprint density at radius 3 is 2.32 bits per heavy atom. The SMILES string of the molecule is CCOc1ccccc1N1CCN(C(=O)c2cc(-c3ccc(C)c(C)c3)nn2-c2ccc(OC)cc2)CC1. The van der Waals surface area contributed by atoms with E-state index in [0.717, 1.165) is 47.2 Å². The average molecular weight is 511 g/mol. The van der Waals surface area contributed by atoms with Crippen molar-refractivity contribution in [2.45, 2.75) is 20.8 Å². The summed E-state index contributed by atoms with van der Waals surface area (Å²) in [4.78, 5) is 18.1. The molecule has 0 bridgehead atoms. The van der Waals surface area contributed by atoms with Gasteiger partial charge in [0.15, 0.2) is 0 Å². The van der Waals surface area contributed by atoms with Gasteiger partial charge in [-0.05, 0) is 80.4 Å². The van der Waals surface area contributed by atoms with E-state index in [9.17, 15) is 4.79 Å². The molecule has 7 nitrogen and oxygen atoms in total. The maximum absolute atomic E-state index is 13.9. The summed E-state index contributed by atoms with van der Waals surface area (Å²) in [5, 5.41) is 4.89. The molecule has 0 saturated carbocycles. The normalized spacial score (nSPS) is 13.5. The van der Waals surface area contributed by atoms with Crippen molar-refractivity contribution < 1.29 is 14.3 Å². The molecule has 7 heteroatoms. The molecule has 196 valence electrons. The highest BCUT2D eigenvalue weighted by Gasteiger charge is 2.27. The van der Waals surface area contributed by atoms with Crippen LogP contribution in [0.3, 0.4) is 0 Å². The van der Waals surface area contributed by atoms with Gasteiger partial charge in [-0.1, -0.05) is 24.3 Å². The third-order valence-corrected chi connectivity index (χ3v) is 7.12. The first-order chi connectivity index (χ1) is 18.5. The smallest absolute Gasteiger partial charge is 0.272 e. The molecule has 1 aliphatic rings. The summed E-state index contributed by atoms with van der Waals surface area (Å²) < 4.78 is 12.9. The lowest BCUT2D eigenvalue weighted by Gasteiger charge is -2.36. The standard InChI is InChI=1S/C31H34N4O3/c1-5-38-30-9-7-6-8-28(30)33-16-18-34(19-17-33)31(36)29-21-27(24-11-10-22(2)23(3)20-24)32-35(29)25-12-14-26(37-4)15-13-25/h6-15,20-21H,5,16-19H2,1-4H3. The highest BCUT2D eigenvalue weighted by molar-refractivity contribution is 5.94. The molecule has 0 atom stereocenters. The van der Waals surface area contributed by atoms with Crippen molar-refractivity contribution in [3.63, 3.8) is 0 Å². The molecular weight excluding hydrogens is 476 g/mol. The Morgan fingerprint density at radius 1 is 0.895 bits per heavy atom. The van der Waals surface area contributed by atoms with E-state index < -0.39 is 0 Å². The number of carbonyl (C=O) groups is 1. The number of para-hydroxylation sites is 2. The number of hydrogen-bond donors (Lipinski definition) is 0. The first-order valence-corrected chi connectivity index (χ1v) is 13.1. The number of aryl methyl sites for hydroxylation is 2. The number of aromatic nitrogens is 2. The predicted molar refractivity (Wildman–Crippen MR) is 151 cm³/mol. The molecule has 2 heterocycles. The van der Waals surface area contributed by atoms with Crippen LogP contribution in [0, 0.1) is 13.8 Å². The molecule has 1 aromatic heterocycles. The summed E-state index contributed by atoms with van der Waals surface area (Å²) in [6.45, 7) is 9.50. The Hall–Kier alpha value is -4.26. The van der Waals surface area contributed by atoms with Crippen LogP contribution in [0.2, 0.25) is 0 Å². The monoisotopic (exact) mass is 510 g/mol. The van der Waals surface area contributed by atoms with Crippen LogP contribution < -0.4 is 14.4 Å². The topological polar surface area (TPSA) is 59.8 Å². The molecule has 1 amide bonds. The van der Waals surface area contributed by atoms with E-state index in [0.29, 0.717) is 25.4 Å². The highest BCUT2D eigenvalue weighted by Crippen LogP contribution is 2.30. The van der Waals surface area contributed by atoms with Gasteiger partial charge in [-0.25, -0.2) is 4.68 Å². The molecule has 0 radical (unpaired) electrons. The molecule has 0 aliphatic carbocycles. The van der Waals surface area contributed by atoms with Gasteiger partial charge < -0.3 is 19.3 Å². The molecule has 38 heavy (non-hydrogen) atoms. The summed E-state index contributed by atoms with van der Waals surface area (Å²) in [5.74, 6) is 1.61. The summed E-state index contributed by atoms with van der Waals surface area (Å²) in [6, 6.07) is 23.9. The summed E-state index contributed by atoms with van der Waals surface area (Å²) in [7, 11) is 1.64. The van der Waals surface area contributed by atoms with Crippen molar-refractivity contribution >= 4 is 11.6 Å². The molecule has 1 aliphatic heterocycles. The van der Waals surface area contributed by atoms with Gasteiger partial charge >= 0.3 is 0 Å². The Labute approximate surface area is 224 Å². The molecular formula is C31H34N4O3. The van der Waals surface area contributed by atoms with Crippen molar-refractivity contribution in [3.05, 3.63) is 89.6 Å². The van der Waals surface area contributed by atoms with Gasteiger partial charge in [0.25, 0.3) is 5.91 Å². The van der Waals surface area contributed by atoms with E-state index in [1.54, 1.807) is 11.8 Å². The number of benzene rings is 3. The van der Waals surface area contributed by atoms with Gasteiger partial charge in [-0.15, -0.1) is 0 Å². The van der Waals surface area contributed by atoms with Crippen LogP contribution in [0.25, 0.3) is 16.9 Å². The minimum absolute atomic E-state index is 0.0267. The van der Waals surface area contributed by atoms with Gasteiger partial charge in [0.1, 0.15) is 17.2 Å². The van der Waals surface area contributed by atoms with E-state index in [1.807, 2.05) is 60.4 Å². The van der Waals surface area contributed by atoms with Crippen molar-refractivity contribution in [3.8, 4) is 28.4 Å². The lowest BCUT2D eigenvalue weighted by molar-refractivity contribution is 0.0737. The molecule has 0 N–H and O–H groups in total. The number of carbonyl (C=O) groups excluding carboxylic acids is 1. The van der Waals surface area contributed by atoms with Crippen molar-refractivity contribution in [1.29, 1.82) is 0 Å². The fourth-order valence-electron chi connectivity index (χ4n) is 4.80. The predicted octanol–water partition coefficient (Wildman–Crippen LogP) is 5.53. The fourth-order valence-corrected chi connectivity index (χ4v) is 4.80. The zero-order chi connectivity index (χ0) is 26.6. The lowest BCUT2D eigenvalue weighted by atomic mass is 10.0. The van der Waals surface area contributed by atoms with E-state index in [1.165, 1.54) is 11.1 Å². The summed E-state index contributed by atoms with van der Waals surface area (Å²) in [6.07, 6.45) is 0.